The number of carboxylic acids is 1. The van der Waals surface area contributed by atoms with Gasteiger partial charge in [0.25, 0.3) is 0 Å². The minimum absolute atomic E-state index is 0.171. The molecule has 2 N–H and O–H groups in total. The van der Waals surface area contributed by atoms with Crippen LogP contribution in [0.2, 0.25) is 5.02 Å². The number of hydrogen-bond acceptors (Lipinski definition) is 3. The van der Waals surface area contributed by atoms with Crippen LogP contribution in [0.4, 0.5) is 0 Å². The summed E-state index contributed by atoms with van der Waals surface area (Å²) >= 11 is 6.21. The summed E-state index contributed by atoms with van der Waals surface area (Å²) in [7, 11) is 0. The molecule has 2 aromatic rings. The maximum Gasteiger partial charge on any atom is 0.317 e. The van der Waals surface area contributed by atoms with Crippen molar-refractivity contribution in [2.24, 2.45) is 5.92 Å². The fourth-order valence-corrected chi connectivity index (χ4v) is 5.08. The van der Waals surface area contributed by atoms with Crippen molar-refractivity contribution in [2.45, 2.75) is 83.7 Å². The lowest BCUT2D eigenvalue weighted by atomic mass is 9.71. The summed E-state index contributed by atoms with van der Waals surface area (Å²) in [6.07, 6.45) is 7.52. The van der Waals surface area contributed by atoms with Crippen molar-refractivity contribution < 1.29 is 19.4 Å². The van der Waals surface area contributed by atoms with E-state index in [2.05, 4.69) is 18.8 Å². The van der Waals surface area contributed by atoms with Crippen molar-refractivity contribution in [3.05, 3.63) is 34.5 Å². The maximum absolute atomic E-state index is 12.4. The number of carbonyl (C=O) groups is 2. The molecule has 5 nitrogen and oxygen atoms in total. The summed E-state index contributed by atoms with van der Waals surface area (Å²) in [5.41, 5.74) is 2.97. The number of fused-ring (bicyclic) bond motifs is 3. The molecule has 0 spiro atoms. The van der Waals surface area contributed by atoms with Gasteiger partial charge in [-0.15, -0.1) is 0 Å². The monoisotopic (exact) mass is 433 g/mol. The third-order valence-corrected chi connectivity index (χ3v) is 6.65. The summed E-state index contributed by atoms with van der Waals surface area (Å²) in [5, 5.41) is 11.0. The Labute approximate surface area is 183 Å². The Balaban J connectivity index is 1.92. The van der Waals surface area contributed by atoms with E-state index in [9.17, 15) is 9.59 Å². The van der Waals surface area contributed by atoms with Crippen LogP contribution >= 0.6 is 11.6 Å². The molecule has 1 atom stereocenters. The Morgan fingerprint density at radius 3 is 2.57 bits per heavy atom. The van der Waals surface area contributed by atoms with E-state index in [1.807, 2.05) is 18.2 Å². The predicted molar refractivity (Wildman–Crippen MR) is 119 cm³/mol. The lowest BCUT2D eigenvalue weighted by Crippen LogP contribution is -2.45. The van der Waals surface area contributed by atoms with E-state index in [-0.39, 0.29) is 5.92 Å². The van der Waals surface area contributed by atoms with Gasteiger partial charge in [0.2, 0.25) is 0 Å². The van der Waals surface area contributed by atoms with E-state index in [1.165, 1.54) is 16.6 Å². The number of unbranched alkanes of at least 4 members (excludes halogenated alkanes) is 2. The normalized spacial score (nSPS) is 16.4. The van der Waals surface area contributed by atoms with Gasteiger partial charge in [-0.3, -0.25) is 9.59 Å². The molecule has 1 aromatic carbocycles. The molecule has 0 aliphatic heterocycles. The maximum atomic E-state index is 12.4. The van der Waals surface area contributed by atoms with Crippen LogP contribution in [0, 0.1) is 5.92 Å². The second-order valence-corrected chi connectivity index (χ2v) is 8.96. The molecule has 0 amide bonds. The van der Waals surface area contributed by atoms with Gasteiger partial charge in [-0.2, -0.15) is 0 Å². The summed E-state index contributed by atoms with van der Waals surface area (Å²) in [4.78, 5) is 27.1. The van der Waals surface area contributed by atoms with Gasteiger partial charge >= 0.3 is 11.9 Å². The average molecular weight is 434 g/mol. The number of aryl methyl sites for hydroxylation is 1. The number of rotatable bonds is 10. The quantitative estimate of drug-likeness (QED) is 0.352. The van der Waals surface area contributed by atoms with Crippen LogP contribution in [0.3, 0.4) is 0 Å². The van der Waals surface area contributed by atoms with E-state index >= 15 is 0 Å². The number of aromatic nitrogens is 1. The molecule has 1 unspecified atom stereocenters. The van der Waals surface area contributed by atoms with Gasteiger partial charge < -0.3 is 14.8 Å². The lowest BCUT2D eigenvalue weighted by Gasteiger charge is -2.42. The van der Waals surface area contributed by atoms with Crippen molar-refractivity contribution in [2.75, 3.05) is 0 Å². The largest absolute Gasteiger partial charge is 0.481 e. The van der Waals surface area contributed by atoms with Gasteiger partial charge in [0.15, 0.2) is 0 Å². The Hall–Kier alpha value is -2.01. The standard InChI is InChI=1S/C24H32ClNO4/c1-3-5-11-24(12-6-4-2,30-23(29)15-22(27)28)16-7-9-18-19-14-17(25)8-10-20(19)26-21(18)13-16/h8,10,14,16,26H,3-7,9,11-13,15H2,1-2H3,(H,27,28). The van der Waals surface area contributed by atoms with Crippen molar-refractivity contribution in [1.29, 1.82) is 0 Å². The van der Waals surface area contributed by atoms with Gasteiger partial charge in [-0.05, 0) is 68.7 Å². The topological polar surface area (TPSA) is 79.4 Å². The summed E-state index contributed by atoms with van der Waals surface area (Å²) in [6.45, 7) is 4.26. The first kappa shape index (κ1) is 22.7. The van der Waals surface area contributed by atoms with Gasteiger partial charge in [-0.25, -0.2) is 0 Å². The highest BCUT2D eigenvalue weighted by molar-refractivity contribution is 6.31. The molecule has 0 bridgehead atoms. The van der Waals surface area contributed by atoms with E-state index in [0.29, 0.717) is 0 Å². The number of ether oxygens (including phenoxy) is 1. The molecule has 1 aromatic heterocycles. The summed E-state index contributed by atoms with van der Waals surface area (Å²) in [5.74, 6) is -1.59. The second kappa shape index (κ2) is 9.86. The first-order valence-corrected chi connectivity index (χ1v) is 11.5. The number of esters is 1. The number of carbonyl (C=O) groups excluding carboxylic acids is 1. The minimum atomic E-state index is -1.14. The van der Waals surface area contributed by atoms with Crippen LogP contribution in [0.5, 0.6) is 0 Å². The van der Waals surface area contributed by atoms with E-state index in [4.69, 9.17) is 21.4 Å². The number of halogens is 1. The molecule has 0 saturated heterocycles. The first-order valence-electron chi connectivity index (χ1n) is 11.1. The van der Waals surface area contributed by atoms with Crippen LogP contribution in [-0.2, 0) is 27.2 Å². The second-order valence-electron chi connectivity index (χ2n) is 8.53. The van der Waals surface area contributed by atoms with Crippen LogP contribution < -0.4 is 0 Å². The van der Waals surface area contributed by atoms with Gasteiger partial charge in [0.1, 0.15) is 12.0 Å². The molecule has 0 saturated carbocycles. The number of hydrogen-bond donors (Lipinski definition) is 2. The Kier molecular flexibility index (Phi) is 7.45. The van der Waals surface area contributed by atoms with Gasteiger partial charge in [0.05, 0.1) is 0 Å². The fraction of sp³-hybridized carbons (Fsp3) is 0.583. The van der Waals surface area contributed by atoms with Crippen molar-refractivity contribution >= 4 is 34.4 Å². The highest BCUT2D eigenvalue weighted by Gasteiger charge is 2.43. The number of aromatic amines is 1. The van der Waals surface area contributed by atoms with Crippen LogP contribution in [0.1, 0.15) is 76.5 Å². The van der Waals surface area contributed by atoms with Crippen LogP contribution in [0.15, 0.2) is 18.2 Å². The molecule has 30 heavy (non-hydrogen) atoms. The molecule has 0 fully saturated rings. The SMILES string of the molecule is CCCCC(CCCC)(OC(=O)CC(=O)O)C1CCc2c([nH]c3ccc(Cl)cc23)C1. The van der Waals surface area contributed by atoms with Gasteiger partial charge in [0, 0.05) is 27.5 Å². The zero-order valence-corrected chi connectivity index (χ0v) is 18.7. The van der Waals surface area contributed by atoms with Crippen LogP contribution in [0.25, 0.3) is 10.9 Å². The molecule has 1 aliphatic carbocycles. The molecule has 0 radical (unpaired) electrons. The highest BCUT2D eigenvalue weighted by atomic mass is 35.5. The minimum Gasteiger partial charge on any atom is -0.481 e. The summed E-state index contributed by atoms with van der Waals surface area (Å²) < 4.78 is 6.05. The molecular weight excluding hydrogens is 402 g/mol. The number of aliphatic carboxylic acids is 1. The number of nitrogens with one attached hydrogen (secondary N) is 1. The first-order chi connectivity index (χ1) is 14.4. The van der Waals surface area contributed by atoms with E-state index in [0.717, 1.165) is 68.3 Å². The predicted octanol–water partition coefficient (Wildman–Crippen LogP) is 6.06. The fourth-order valence-electron chi connectivity index (χ4n) is 4.91. The van der Waals surface area contributed by atoms with E-state index < -0.39 is 24.0 Å². The molecular formula is C24H32ClNO4. The van der Waals surface area contributed by atoms with Crippen molar-refractivity contribution in [1.82, 2.24) is 4.98 Å². The van der Waals surface area contributed by atoms with Crippen molar-refractivity contribution in [3.8, 4) is 0 Å². The third kappa shape index (κ3) is 5.00. The zero-order chi connectivity index (χ0) is 21.7. The molecule has 6 heteroatoms. The van der Waals surface area contributed by atoms with Crippen LogP contribution in [-0.4, -0.2) is 27.6 Å². The molecule has 3 rings (SSSR count). The Morgan fingerprint density at radius 2 is 1.93 bits per heavy atom. The average Bonchev–Trinajstić information content (AvgIpc) is 3.06. The van der Waals surface area contributed by atoms with E-state index in [1.54, 1.807) is 0 Å². The number of H-pyrrole nitrogens is 1. The number of benzene rings is 1. The smallest absolute Gasteiger partial charge is 0.317 e. The Morgan fingerprint density at radius 1 is 1.23 bits per heavy atom. The van der Waals surface area contributed by atoms with Crippen molar-refractivity contribution in [3.63, 3.8) is 0 Å². The lowest BCUT2D eigenvalue weighted by molar-refractivity contribution is -0.173. The zero-order valence-electron chi connectivity index (χ0n) is 17.9. The number of carboxylic acid groups (broad SMARTS) is 1. The third-order valence-electron chi connectivity index (χ3n) is 6.41. The summed E-state index contributed by atoms with van der Waals surface area (Å²) in [6, 6.07) is 5.92. The molecule has 164 valence electrons. The molecule has 1 heterocycles. The highest BCUT2D eigenvalue weighted by Crippen LogP contribution is 2.43. The van der Waals surface area contributed by atoms with Gasteiger partial charge in [-0.1, -0.05) is 38.3 Å². The molecule has 1 aliphatic rings. The Bertz CT molecular complexity index is 896.